The van der Waals surface area contributed by atoms with Crippen molar-refractivity contribution in [1.29, 1.82) is 0 Å². The van der Waals surface area contributed by atoms with Crippen LogP contribution in [0.5, 0.6) is 0 Å². The maximum atomic E-state index is 12.1. The van der Waals surface area contributed by atoms with E-state index in [9.17, 15) is 9.59 Å². The molecule has 2 atom stereocenters. The van der Waals surface area contributed by atoms with Crippen LogP contribution in [0.1, 0.15) is 98.2 Å². The Balaban J connectivity index is 2.29. The van der Waals surface area contributed by atoms with Crippen molar-refractivity contribution in [3.8, 4) is 0 Å². The van der Waals surface area contributed by atoms with Crippen LogP contribution in [0.3, 0.4) is 0 Å². The van der Waals surface area contributed by atoms with E-state index < -0.39 is 24.4 Å². The highest BCUT2D eigenvalue weighted by Crippen LogP contribution is 2.14. The van der Waals surface area contributed by atoms with Gasteiger partial charge in [-0.25, -0.2) is 9.59 Å². The molecule has 0 bridgehead atoms. The van der Waals surface area contributed by atoms with Crippen LogP contribution in [-0.4, -0.2) is 37.5 Å². The molecular formula is C22H40N4O5. The first-order valence-corrected chi connectivity index (χ1v) is 11.4. The normalized spacial score (nSPS) is 13.0. The lowest BCUT2D eigenvalue weighted by Crippen LogP contribution is -2.27. The van der Waals surface area contributed by atoms with E-state index >= 15 is 0 Å². The average Bonchev–Trinajstić information content (AvgIpc) is 3.24. The van der Waals surface area contributed by atoms with Crippen molar-refractivity contribution in [1.82, 2.24) is 0 Å². The van der Waals surface area contributed by atoms with Crippen molar-refractivity contribution in [3.05, 3.63) is 23.7 Å². The maximum Gasteiger partial charge on any atom is 0.375 e. The minimum Gasteiger partial charge on any atom is -0.442 e. The lowest BCUT2D eigenvalue weighted by Gasteiger charge is -2.12. The largest absolute Gasteiger partial charge is 0.442 e. The molecule has 1 aromatic rings. The predicted molar refractivity (Wildman–Crippen MR) is 119 cm³/mol. The summed E-state index contributed by atoms with van der Waals surface area (Å²) in [5.41, 5.74) is 22.6. The number of rotatable bonds is 18. The fourth-order valence-electron chi connectivity index (χ4n) is 3.11. The molecule has 1 rings (SSSR count). The van der Waals surface area contributed by atoms with E-state index in [-0.39, 0.29) is 11.5 Å². The first-order valence-electron chi connectivity index (χ1n) is 11.4. The Morgan fingerprint density at radius 3 is 1.42 bits per heavy atom. The fraction of sp³-hybridized carbons (Fsp3) is 0.727. The van der Waals surface area contributed by atoms with E-state index in [1.54, 1.807) is 0 Å². The molecule has 0 amide bonds. The zero-order valence-electron chi connectivity index (χ0n) is 18.6. The highest BCUT2D eigenvalue weighted by atomic mass is 16.6. The number of furan rings is 1. The summed E-state index contributed by atoms with van der Waals surface area (Å²) in [4.78, 5) is 24.3. The summed E-state index contributed by atoms with van der Waals surface area (Å²) in [6.07, 6.45) is 9.80. The van der Waals surface area contributed by atoms with E-state index in [1.165, 1.54) is 12.1 Å². The number of hydrogen-bond acceptors (Lipinski definition) is 9. The van der Waals surface area contributed by atoms with Gasteiger partial charge in [0.25, 0.3) is 0 Å². The molecule has 0 aliphatic rings. The van der Waals surface area contributed by atoms with Gasteiger partial charge in [0.05, 0.1) is 0 Å². The van der Waals surface area contributed by atoms with Crippen molar-refractivity contribution >= 4 is 11.9 Å². The maximum absolute atomic E-state index is 12.1. The van der Waals surface area contributed by atoms with Crippen molar-refractivity contribution in [2.75, 3.05) is 13.1 Å². The fourth-order valence-corrected chi connectivity index (χ4v) is 3.11. The molecule has 0 aliphatic carbocycles. The van der Waals surface area contributed by atoms with Crippen molar-refractivity contribution in [3.63, 3.8) is 0 Å². The highest BCUT2D eigenvalue weighted by molar-refractivity contribution is 5.90. The van der Waals surface area contributed by atoms with Gasteiger partial charge in [0.2, 0.25) is 11.5 Å². The van der Waals surface area contributed by atoms with E-state index in [0.29, 0.717) is 25.9 Å². The van der Waals surface area contributed by atoms with Gasteiger partial charge in [0.1, 0.15) is 0 Å². The van der Waals surface area contributed by atoms with Gasteiger partial charge in [-0.1, -0.05) is 38.5 Å². The molecule has 0 aromatic carbocycles. The Labute approximate surface area is 185 Å². The molecule has 9 heteroatoms. The standard InChI is InChI=1S/C22H40N4O5/c23-15-9-5-1-3-7-11-19(25)30-21(27)17-13-14-18(29-17)22(28)31-20(26)12-8-4-2-6-10-16-24/h13-14,19-20H,1-12,15-16,23-26H2. The molecule has 0 radical (unpaired) electrons. The van der Waals surface area contributed by atoms with Crippen LogP contribution >= 0.6 is 0 Å². The Kier molecular flexibility index (Phi) is 14.6. The van der Waals surface area contributed by atoms with Gasteiger partial charge in [-0.2, -0.15) is 0 Å². The molecule has 0 aliphatic heterocycles. The Morgan fingerprint density at radius 1 is 0.677 bits per heavy atom. The van der Waals surface area contributed by atoms with E-state index in [2.05, 4.69) is 0 Å². The second kappa shape index (κ2) is 16.7. The van der Waals surface area contributed by atoms with Crippen LogP contribution in [0.25, 0.3) is 0 Å². The van der Waals surface area contributed by atoms with E-state index in [1.807, 2.05) is 0 Å². The van der Waals surface area contributed by atoms with Crippen LogP contribution in [0, 0.1) is 0 Å². The molecular weight excluding hydrogens is 400 g/mol. The molecule has 0 spiro atoms. The second-order valence-corrected chi connectivity index (χ2v) is 7.74. The van der Waals surface area contributed by atoms with Crippen LogP contribution in [0.2, 0.25) is 0 Å². The number of carbonyl (C=O) groups is 2. The van der Waals surface area contributed by atoms with Crippen LogP contribution < -0.4 is 22.9 Å². The van der Waals surface area contributed by atoms with E-state index in [0.717, 1.165) is 64.2 Å². The van der Waals surface area contributed by atoms with Gasteiger partial charge < -0.3 is 25.4 Å². The Morgan fingerprint density at radius 2 is 1.03 bits per heavy atom. The number of hydrogen-bond donors (Lipinski definition) is 4. The highest BCUT2D eigenvalue weighted by Gasteiger charge is 2.21. The lowest BCUT2D eigenvalue weighted by atomic mass is 10.1. The lowest BCUT2D eigenvalue weighted by molar-refractivity contribution is 0.0223. The minimum atomic E-state index is -0.721. The second-order valence-electron chi connectivity index (χ2n) is 7.74. The zero-order chi connectivity index (χ0) is 22.9. The summed E-state index contributed by atoms with van der Waals surface area (Å²) in [7, 11) is 0. The SMILES string of the molecule is NCCCCCCCC(N)OC(=O)c1ccc(C(=O)OC(N)CCCCCCCN)o1. The van der Waals surface area contributed by atoms with Crippen molar-refractivity contribution in [2.24, 2.45) is 22.9 Å². The first-order chi connectivity index (χ1) is 15.0. The molecule has 0 fully saturated rings. The summed E-state index contributed by atoms with van der Waals surface area (Å²) in [5, 5.41) is 0. The molecule has 0 saturated heterocycles. The number of ether oxygens (including phenoxy) is 2. The monoisotopic (exact) mass is 440 g/mol. The van der Waals surface area contributed by atoms with Gasteiger partial charge in [-0.3, -0.25) is 11.5 Å². The zero-order valence-corrected chi connectivity index (χ0v) is 18.6. The summed E-state index contributed by atoms with van der Waals surface area (Å²) in [6, 6.07) is 2.73. The van der Waals surface area contributed by atoms with Gasteiger partial charge in [0.15, 0.2) is 12.5 Å². The molecule has 31 heavy (non-hydrogen) atoms. The quantitative estimate of drug-likeness (QED) is 0.152. The third-order valence-corrected chi connectivity index (χ3v) is 4.91. The average molecular weight is 441 g/mol. The van der Waals surface area contributed by atoms with E-state index in [4.69, 9.17) is 36.8 Å². The molecule has 9 nitrogen and oxygen atoms in total. The van der Waals surface area contributed by atoms with Crippen molar-refractivity contribution < 1.29 is 23.5 Å². The van der Waals surface area contributed by atoms with Crippen LogP contribution in [0.4, 0.5) is 0 Å². The molecule has 1 aromatic heterocycles. The van der Waals surface area contributed by atoms with Crippen LogP contribution in [-0.2, 0) is 9.47 Å². The molecule has 2 unspecified atom stereocenters. The summed E-state index contributed by atoms with van der Waals surface area (Å²) < 4.78 is 15.6. The number of carbonyl (C=O) groups excluding carboxylic acids is 2. The third-order valence-electron chi connectivity index (χ3n) is 4.91. The Bertz CT molecular complexity index is 572. The summed E-state index contributed by atoms with van der Waals surface area (Å²) in [6.45, 7) is 1.41. The molecule has 8 N–H and O–H groups in total. The van der Waals surface area contributed by atoms with Gasteiger partial charge in [-0.05, 0) is 63.7 Å². The Hall–Kier alpha value is -1.94. The van der Waals surface area contributed by atoms with Crippen molar-refractivity contribution in [2.45, 2.75) is 89.5 Å². The van der Waals surface area contributed by atoms with Gasteiger partial charge in [-0.15, -0.1) is 0 Å². The number of esters is 2. The summed E-state index contributed by atoms with van der Waals surface area (Å²) >= 11 is 0. The number of unbranched alkanes of at least 4 members (excludes halogenated alkanes) is 8. The molecule has 0 saturated carbocycles. The first kappa shape index (κ1) is 27.1. The van der Waals surface area contributed by atoms with Crippen LogP contribution in [0.15, 0.2) is 16.5 Å². The predicted octanol–water partition coefficient (Wildman–Crippen LogP) is 2.76. The minimum absolute atomic E-state index is 0.0983. The van der Waals surface area contributed by atoms with Gasteiger partial charge in [0, 0.05) is 0 Å². The number of nitrogens with two attached hydrogens (primary N) is 4. The molecule has 178 valence electrons. The summed E-state index contributed by atoms with van der Waals surface area (Å²) in [5.74, 6) is -1.62. The smallest absolute Gasteiger partial charge is 0.375 e. The molecule has 1 heterocycles. The van der Waals surface area contributed by atoms with Gasteiger partial charge >= 0.3 is 11.9 Å². The third kappa shape index (κ3) is 12.5. The topological polar surface area (TPSA) is 170 Å².